The van der Waals surface area contributed by atoms with Crippen molar-refractivity contribution in [2.45, 2.75) is 39.3 Å². The van der Waals surface area contributed by atoms with Crippen molar-refractivity contribution < 1.29 is 18.0 Å². The third-order valence-corrected chi connectivity index (χ3v) is 5.03. The maximum absolute atomic E-state index is 13.4. The Labute approximate surface area is 186 Å². The number of aromatic nitrogens is 2. The molecule has 0 aliphatic rings. The number of nitrogens with zero attached hydrogens (tertiary/aromatic N) is 2. The van der Waals surface area contributed by atoms with Crippen LogP contribution in [0.25, 0.3) is 5.69 Å². The SMILES string of the molecule is Cc1ccc(-n2nc(C(C)(C)C)cc2NC(=O)Nc2ccc(Br)cc2C(F)(F)F)cc1. The van der Waals surface area contributed by atoms with Gasteiger partial charge in [0, 0.05) is 16.0 Å². The molecular weight excluding hydrogens is 473 g/mol. The highest BCUT2D eigenvalue weighted by Gasteiger charge is 2.34. The Balaban J connectivity index is 1.93. The molecule has 3 rings (SSSR count). The molecule has 1 aromatic heterocycles. The lowest BCUT2D eigenvalue weighted by Crippen LogP contribution is -2.23. The Kier molecular flexibility index (Phi) is 6.18. The van der Waals surface area contributed by atoms with Gasteiger partial charge in [-0.25, -0.2) is 9.48 Å². The number of anilines is 2. The van der Waals surface area contributed by atoms with Crippen LogP contribution in [0.4, 0.5) is 29.5 Å². The molecule has 0 bridgehead atoms. The van der Waals surface area contributed by atoms with Crippen LogP contribution in [-0.4, -0.2) is 15.8 Å². The molecule has 0 fully saturated rings. The zero-order valence-corrected chi connectivity index (χ0v) is 19.0. The van der Waals surface area contributed by atoms with E-state index in [1.807, 2.05) is 52.0 Å². The molecule has 2 amide bonds. The van der Waals surface area contributed by atoms with Gasteiger partial charge in [0.2, 0.25) is 0 Å². The van der Waals surface area contributed by atoms with Gasteiger partial charge in [-0.2, -0.15) is 18.3 Å². The normalized spacial score (nSPS) is 12.0. The van der Waals surface area contributed by atoms with Gasteiger partial charge in [0.25, 0.3) is 0 Å². The van der Waals surface area contributed by atoms with Gasteiger partial charge in [0.15, 0.2) is 0 Å². The van der Waals surface area contributed by atoms with E-state index in [0.29, 0.717) is 5.82 Å². The molecule has 0 saturated carbocycles. The molecule has 2 aromatic carbocycles. The van der Waals surface area contributed by atoms with Crippen LogP contribution < -0.4 is 10.6 Å². The fourth-order valence-corrected chi connectivity index (χ4v) is 3.21. The quantitative estimate of drug-likeness (QED) is 0.415. The van der Waals surface area contributed by atoms with E-state index < -0.39 is 17.8 Å². The van der Waals surface area contributed by atoms with E-state index in [1.54, 1.807) is 10.7 Å². The summed E-state index contributed by atoms with van der Waals surface area (Å²) in [5, 5.41) is 9.52. The first-order chi connectivity index (χ1) is 14.3. The number of carbonyl (C=O) groups is 1. The first-order valence-electron chi connectivity index (χ1n) is 9.47. The van der Waals surface area contributed by atoms with Crippen molar-refractivity contribution in [3.8, 4) is 5.69 Å². The number of urea groups is 1. The molecule has 0 saturated heterocycles. The van der Waals surface area contributed by atoms with Gasteiger partial charge in [0.05, 0.1) is 22.6 Å². The number of hydrogen-bond acceptors (Lipinski definition) is 2. The van der Waals surface area contributed by atoms with E-state index in [-0.39, 0.29) is 15.6 Å². The molecule has 0 aliphatic carbocycles. The highest BCUT2D eigenvalue weighted by Crippen LogP contribution is 2.36. The van der Waals surface area contributed by atoms with Gasteiger partial charge in [-0.15, -0.1) is 0 Å². The standard InChI is InChI=1S/C22H22BrF3N4O/c1-13-5-8-15(9-6-13)30-19(12-18(29-30)21(2,3)4)28-20(31)27-17-10-7-14(23)11-16(17)22(24,25)26/h5-12H,1-4H3,(H2,27,28,31). The van der Waals surface area contributed by atoms with Crippen molar-refractivity contribution in [1.29, 1.82) is 0 Å². The van der Waals surface area contributed by atoms with Gasteiger partial charge in [-0.05, 0) is 37.3 Å². The highest BCUT2D eigenvalue weighted by molar-refractivity contribution is 9.10. The fourth-order valence-electron chi connectivity index (χ4n) is 2.85. The molecule has 0 unspecified atom stereocenters. The van der Waals surface area contributed by atoms with Crippen molar-refractivity contribution in [1.82, 2.24) is 9.78 Å². The molecular formula is C22H22BrF3N4O. The largest absolute Gasteiger partial charge is 0.418 e. The Morgan fingerprint density at radius 3 is 2.23 bits per heavy atom. The Bertz CT molecular complexity index is 1100. The summed E-state index contributed by atoms with van der Waals surface area (Å²) < 4.78 is 41.9. The topological polar surface area (TPSA) is 59.0 Å². The van der Waals surface area contributed by atoms with Gasteiger partial charge in [0.1, 0.15) is 5.82 Å². The third-order valence-electron chi connectivity index (χ3n) is 4.53. The molecule has 2 N–H and O–H groups in total. The smallest absolute Gasteiger partial charge is 0.307 e. The molecule has 0 radical (unpaired) electrons. The van der Waals surface area contributed by atoms with Crippen LogP contribution in [-0.2, 0) is 11.6 Å². The summed E-state index contributed by atoms with van der Waals surface area (Å²) in [5.74, 6) is 0.344. The van der Waals surface area contributed by atoms with Crippen molar-refractivity contribution in [2.24, 2.45) is 0 Å². The maximum atomic E-state index is 13.4. The zero-order valence-electron chi connectivity index (χ0n) is 17.4. The molecule has 5 nitrogen and oxygen atoms in total. The number of amides is 2. The summed E-state index contributed by atoms with van der Waals surface area (Å²) in [7, 11) is 0. The van der Waals surface area contributed by atoms with E-state index in [0.717, 1.165) is 23.0 Å². The number of benzene rings is 2. The van der Waals surface area contributed by atoms with Crippen LogP contribution >= 0.6 is 15.9 Å². The second-order valence-corrected chi connectivity index (χ2v) is 9.09. The minimum absolute atomic E-state index is 0.262. The second-order valence-electron chi connectivity index (χ2n) is 8.18. The van der Waals surface area contributed by atoms with E-state index in [4.69, 9.17) is 0 Å². The Morgan fingerprint density at radius 1 is 1.00 bits per heavy atom. The van der Waals surface area contributed by atoms with E-state index in [2.05, 4.69) is 31.7 Å². The van der Waals surface area contributed by atoms with Gasteiger partial charge >= 0.3 is 12.2 Å². The van der Waals surface area contributed by atoms with Gasteiger partial charge in [-0.1, -0.05) is 54.4 Å². The van der Waals surface area contributed by atoms with Crippen LogP contribution in [0, 0.1) is 6.92 Å². The fraction of sp³-hybridized carbons (Fsp3) is 0.273. The Morgan fingerprint density at radius 2 is 1.65 bits per heavy atom. The molecule has 0 aliphatic heterocycles. The number of alkyl halides is 3. The lowest BCUT2D eigenvalue weighted by molar-refractivity contribution is -0.136. The van der Waals surface area contributed by atoms with Crippen LogP contribution in [0.5, 0.6) is 0 Å². The average molecular weight is 495 g/mol. The first kappa shape index (κ1) is 22.9. The number of carbonyl (C=O) groups excluding carboxylic acids is 1. The molecule has 164 valence electrons. The van der Waals surface area contributed by atoms with Crippen LogP contribution in [0.2, 0.25) is 0 Å². The summed E-state index contributed by atoms with van der Waals surface area (Å²) in [6.07, 6.45) is -4.62. The lowest BCUT2D eigenvalue weighted by atomic mass is 9.92. The van der Waals surface area contributed by atoms with E-state index >= 15 is 0 Å². The average Bonchev–Trinajstić information content (AvgIpc) is 3.07. The Hall–Kier alpha value is -2.81. The number of aryl methyl sites for hydroxylation is 1. The number of rotatable bonds is 3. The monoisotopic (exact) mass is 494 g/mol. The number of halogens is 4. The van der Waals surface area contributed by atoms with Crippen LogP contribution in [0.3, 0.4) is 0 Å². The number of hydrogen-bond donors (Lipinski definition) is 2. The maximum Gasteiger partial charge on any atom is 0.418 e. The van der Waals surface area contributed by atoms with E-state index in [9.17, 15) is 18.0 Å². The number of nitrogens with one attached hydrogen (secondary N) is 2. The molecule has 0 atom stereocenters. The van der Waals surface area contributed by atoms with Gasteiger partial charge < -0.3 is 5.32 Å². The van der Waals surface area contributed by atoms with Crippen LogP contribution in [0.1, 0.15) is 37.6 Å². The molecule has 1 heterocycles. The minimum atomic E-state index is -4.62. The highest BCUT2D eigenvalue weighted by atomic mass is 79.9. The van der Waals surface area contributed by atoms with Crippen molar-refractivity contribution in [3.63, 3.8) is 0 Å². The van der Waals surface area contributed by atoms with Crippen molar-refractivity contribution >= 4 is 33.5 Å². The molecule has 31 heavy (non-hydrogen) atoms. The summed E-state index contributed by atoms with van der Waals surface area (Å²) in [6.45, 7) is 7.90. The summed E-state index contributed by atoms with van der Waals surface area (Å²) in [6, 6.07) is 12.0. The van der Waals surface area contributed by atoms with E-state index in [1.165, 1.54) is 12.1 Å². The third kappa shape index (κ3) is 5.46. The predicted molar refractivity (Wildman–Crippen MR) is 119 cm³/mol. The lowest BCUT2D eigenvalue weighted by Gasteiger charge is -2.15. The first-order valence-corrected chi connectivity index (χ1v) is 10.3. The van der Waals surface area contributed by atoms with Crippen molar-refractivity contribution in [3.05, 3.63) is 69.8 Å². The molecule has 9 heteroatoms. The summed E-state index contributed by atoms with van der Waals surface area (Å²) in [4.78, 5) is 12.6. The molecule has 3 aromatic rings. The van der Waals surface area contributed by atoms with Gasteiger partial charge in [-0.3, -0.25) is 5.32 Å². The van der Waals surface area contributed by atoms with Crippen molar-refractivity contribution in [2.75, 3.05) is 10.6 Å². The summed E-state index contributed by atoms with van der Waals surface area (Å²) in [5.41, 5.74) is 0.927. The summed E-state index contributed by atoms with van der Waals surface area (Å²) >= 11 is 3.03. The predicted octanol–water partition coefficient (Wildman–Crippen LogP) is 6.90. The zero-order chi connectivity index (χ0) is 23.0. The van der Waals surface area contributed by atoms with Crippen LogP contribution in [0.15, 0.2) is 53.0 Å². The minimum Gasteiger partial charge on any atom is -0.307 e. The second kappa shape index (κ2) is 8.37. The molecule has 0 spiro atoms.